The number of nitrogen functional groups attached to an aromatic ring is 1. The number of ether oxygens (including phenoxy) is 1. The minimum atomic E-state index is -3.56. The number of sulfonamides is 1. The molecule has 0 amide bonds. The van der Waals surface area contributed by atoms with Crippen molar-refractivity contribution >= 4 is 15.7 Å². The van der Waals surface area contributed by atoms with Gasteiger partial charge in [0, 0.05) is 20.2 Å². The molecule has 5 nitrogen and oxygen atoms in total. The van der Waals surface area contributed by atoms with Crippen LogP contribution >= 0.6 is 0 Å². The summed E-state index contributed by atoms with van der Waals surface area (Å²) < 4.78 is 31.2. The second-order valence-corrected chi connectivity index (χ2v) is 6.51. The van der Waals surface area contributed by atoms with Crippen molar-refractivity contribution < 1.29 is 13.2 Å². The maximum absolute atomic E-state index is 12.4. The molecule has 0 fully saturated rings. The van der Waals surface area contributed by atoms with Gasteiger partial charge in [-0.2, -0.15) is 4.31 Å². The summed E-state index contributed by atoms with van der Waals surface area (Å²) in [5, 5.41) is 0. The number of hydrogen-bond donors (Lipinski definition) is 1. The van der Waals surface area contributed by atoms with Crippen LogP contribution in [0.4, 0.5) is 5.69 Å². The van der Waals surface area contributed by atoms with Crippen LogP contribution in [0.15, 0.2) is 17.0 Å². The van der Waals surface area contributed by atoms with Crippen molar-refractivity contribution in [2.45, 2.75) is 25.7 Å². The third-order valence-electron chi connectivity index (χ3n) is 3.07. The van der Waals surface area contributed by atoms with Crippen molar-refractivity contribution in [3.63, 3.8) is 0 Å². The van der Waals surface area contributed by atoms with Crippen LogP contribution in [-0.2, 0) is 14.8 Å². The van der Waals surface area contributed by atoms with Crippen molar-refractivity contribution in [1.29, 1.82) is 0 Å². The maximum Gasteiger partial charge on any atom is 0.244 e. The number of rotatable bonds is 6. The summed E-state index contributed by atoms with van der Waals surface area (Å²) in [4.78, 5) is 0.162. The number of anilines is 1. The van der Waals surface area contributed by atoms with E-state index in [1.54, 1.807) is 12.1 Å². The summed E-state index contributed by atoms with van der Waals surface area (Å²) in [5.41, 5.74) is 8.00. The molecule has 108 valence electrons. The Labute approximate surface area is 115 Å². The lowest BCUT2D eigenvalue weighted by Crippen LogP contribution is -2.31. The molecule has 1 aromatic rings. The van der Waals surface area contributed by atoms with Gasteiger partial charge in [0.25, 0.3) is 0 Å². The molecular formula is C13H22N2O3S. The molecule has 0 radical (unpaired) electrons. The zero-order chi connectivity index (χ0) is 14.6. The molecule has 0 saturated carbocycles. The maximum atomic E-state index is 12.4. The van der Waals surface area contributed by atoms with Crippen LogP contribution in [0.5, 0.6) is 0 Å². The predicted octanol–water partition coefficient (Wildman–Crippen LogP) is 1.54. The van der Waals surface area contributed by atoms with E-state index in [4.69, 9.17) is 10.5 Å². The highest BCUT2D eigenvalue weighted by atomic mass is 32.2. The Morgan fingerprint density at radius 3 is 2.42 bits per heavy atom. The lowest BCUT2D eigenvalue weighted by Gasteiger charge is -2.19. The summed E-state index contributed by atoms with van der Waals surface area (Å²) in [5.74, 6) is 0. The molecule has 0 aromatic heterocycles. The highest BCUT2D eigenvalue weighted by Crippen LogP contribution is 2.25. The number of nitrogens with zero attached hydrogens (tertiary/aromatic N) is 1. The van der Waals surface area contributed by atoms with Gasteiger partial charge in [0.2, 0.25) is 10.0 Å². The van der Waals surface area contributed by atoms with E-state index in [0.717, 1.165) is 11.1 Å². The first-order valence-electron chi connectivity index (χ1n) is 6.21. The standard InChI is InChI=1S/C13H22N2O3S/c1-5-18-7-6-15(4)19(16,17)13-9-11(3)10(2)8-12(13)14/h8-9H,5-7,14H2,1-4H3. The second-order valence-electron chi connectivity index (χ2n) is 4.50. The molecule has 0 spiro atoms. The van der Waals surface area contributed by atoms with Crippen LogP contribution in [0, 0.1) is 13.8 Å². The quantitative estimate of drug-likeness (QED) is 0.636. The molecule has 0 aliphatic carbocycles. The number of aryl methyl sites for hydroxylation is 2. The highest BCUT2D eigenvalue weighted by Gasteiger charge is 2.23. The van der Waals surface area contributed by atoms with Gasteiger partial charge in [-0.05, 0) is 44.0 Å². The van der Waals surface area contributed by atoms with Gasteiger partial charge in [0.15, 0.2) is 0 Å². The fourth-order valence-corrected chi connectivity index (χ4v) is 2.99. The van der Waals surface area contributed by atoms with Gasteiger partial charge >= 0.3 is 0 Å². The van der Waals surface area contributed by atoms with E-state index in [-0.39, 0.29) is 10.6 Å². The molecule has 0 bridgehead atoms. The van der Waals surface area contributed by atoms with Crippen LogP contribution in [-0.4, -0.2) is 39.5 Å². The molecule has 0 heterocycles. The Kier molecular flexibility index (Phi) is 5.34. The summed E-state index contributed by atoms with van der Waals surface area (Å²) in [6, 6.07) is 3.32. The summed E-state index contributed by atoms with van der Waals surface area (Å²) in [6.07, 6.45) is 0. The van der Waals surface area contributed by atoms with E-state index < -0.39 is 10.0 Å². The normalized spacial score (nSPS) is 12.1. The molecule has 1 aromatic carbocycles. The van der Waals surface area contributed by atoms with Gasteiger partial charge in [-0.25, -0.2) is 8.42 Å². The van der Waals surface area contributed by atoms with Crippen LogP contribution < -0.4 is 5.73 Å². The fourth-order valence-electron chi connectivity index (χ4n) is 1.66. The van der Waals surface area contributed by atoms with Crippen LogP contribution in [0.1, 0.15) is 18.1 Å². The summed E-state index contributed by atoms with van der Waals surface area (Å²) >= 11 is 0. The van der Waals surface area contributed by atoms with Crippen LogP contribution in [0.3, 0.4) is 0 Å². The molecular weight excluding hydrogens is 264 g/mol. The molecule has 0 aliphatic rings. The molecule has 6 heteroatoms. The number of likely N-dealkylation sites (N-methyl/N-ethyl adjacent to an activating group) is 1. The largest absolute Gasteiger partial charge is 0.398 e. The van der Waals surface area contributed by atoms with Gasteiger partial charge in [-0.15, -0.1) is 0 Å². The first kappa shape index (κ1) is 15.9. The topological polar surface area (TPSA) is 72.6 Å². The van der Waals surface area contributed by atoms with Crippen molar-refractivity contribution in [3.8, 4) is 0 Å². The second kappa shape index (κ2) is 6.36. The van der Waals surface area contributed by atoms with E-state index in [0.29, 0.717) is 19.8 Å². The molecule has 0 saturated heterocycles. The average molecular weight is 286 g/mol. The molecule has 2 N–H and O–H groups in total. The van der Waals surface area contributed by atoms with Gasteiger partial charge in [0.1, 0.15) is 4.90 Å². The Bertz CT molecular complexity index is 541. The SMILES string of the molecule is CCOCCN(C)S(=O)(=O)c1cc(C)c(C)cc1N. The first-order chi connectivity index (χ1) is 8.80. The van der Waals surface area contributed by atoms with Gasteiger partial charge < -0.3 is 10.5 Å². The lowest BCUT2D eigenvalue weighted by atomic mass is 10.1. The minimum absolute atomic E-state index is 0.162. The Morgan fingerprint density at radius 1 is 1.26 bits per heavy atom. The van der Waals surface area contributed by atoms with E-state index in [1.165, 1.54) is 11.4 Å². The van der Waals surface area contributed by atoms with Crippen LogP contribution in [0.2, 0.25) is 0 Å². The Morgan fingerprint density at radius 2 is 1.84 bits per heavy atom. The first-order valence-corrected chi connectivity index (χ1v) is 7.65. The van der Waals surface area contributed by atoms with E-state index in [1.807, 2.05) is 20.8 Å². The van der Waals surface area contributed by atoms with Crippen molar-refractivity contribution in [1.82, 2.24) is 4.31 Å². The predicted molar refractivity (Wildman–Crippen MR) is 76.6 cm³/mol. The number of hydrogen-bond acceptors (Lipinski definition) is 4. The van der Waals surface area contributed by atoms with Crippen molar-refractivity contribution in [2.75, 3.05) is 32.5 Å². The zero-order valence-corrected chi connectivity index (χ0v) is 12.8. The van der Waals surface area contributed by atoms with E-state index in [9.17, 15) is 8.42 Å². The Hall–Kier alpha value is -1.11. The molecule has 0 aliphatic heterocycles. The van der Waals surface area contributed by atoms with Gasteiger partial charge in [-0.1, -0.05) is 0 Å². The summed E-state index contributed by atoms with van der Waals surface area (Å²) in [6.45, 7) is 6.89. The average Bonchev–Trinajstić information content (AvgIpc) is 2.33. The summed E-state index contributed by atoms with van der Waals surface area (Å²) in [7, 11) is -2.03. The lowest BCUT2D eigenvalue weighted by molar-refractivity contribution is 0.138. The molecule has 1 rings (SSSR count). The molecule has 19 heavy (non-hydrogen) atoms. The Balaban J connectivity index is 3.03. The van der Waals surface area contributed by atoms with Gasteiger partial charge in [-0.3, -0.25) is 0 Å². The van der Waals surface area contributed by atoms with Crippen LogP contribution in [0.25, 0.3) is 0 Å². The van der Waals surface area contributed by atoms with Crippen molar-refractivity contribution in [3.05, 3.63) is 23.3 Å². The number of nitrogens with two attached hydrogens (primary N) is 1. The van der Waals surface area contributed by atoms with E-state index in [2.05, 4.69) is 0 Å². The third-order valence-corrected chi connectivity index (χ3v) is 4.98. The monoisotopic (exact) mass is 286 g/mol. The minimum Gasteiger partial charge on any atom is -0.398 e. The van der Waals surface area contributed by atoms with E-state index >= 15 is 0 Å². The third kappa shape index (κ3) is 3.68. The fraction of sp³-hybridized carbons (Fsp3) is 0.538. The highest BCUT2D eigenvalue weighted by molar-refractivity contribution is 7.89. The smallest absolute Gasteiger partial charge is 0.244 e. The van der Waals surface area contributed by atoms with Gasteiger partial charge in [0.05, 0.1) is 12.3 Å². The van der Waals surface area contributed by atoms with Crippen molar-refractivity contribution in [2.24, 2.45) is 0 Å². The molecule has 0 atom stereocenters. The zero-order valence-electron chi connectivity index (χ0n) is 11.9. The molecule has 0 unspecified atom stereocenters. The number of benzene rings is 1.